The summed E-state index contributed by atoms with van der Waals surface area (Å²) in [7, 11) is 0. The first kappa shape index (κ1) is 12.8. The van der Waals surface area contributed by atoms with Crippen LogP contribution in [-0.2, 0) is 9.53 Å². The molecule has 0 spiro atoms. The number of rotatable bonds is 5. The van der Waals surface area contributed by atoms with Gasteiger partial charge in [0, 0.05) is 6.92 Å². The lowest BCUT2D eigenvalue weighted by atomic mass is 9.98. The monoisotopic (exact) mass is 194 g/mol. The zero-order valence-electron chi connectivity index (χ0n) is 9.22. The highest BCUT2D eigenvalue weighted by atomic mass is 16.6. The van der Waals surface area contributed by atoms with Gasteiger partial charge in [0.05, 0.1) is 0 Å². The Morgan fingerprint density at radius 1 is 1.57 bits per heavy atom. The van der Waals surface area contributed by atoms with Crippen LogP contribution in [-0.4, -0.2) is 11.6 Å². The van der Waals surface area contributed by atoms with Crippen LogP contribution in [0.1, 0.15) is 40.0 Å². The van der Waals surface area contributed by atoms with Crippen molar-refractivity contribution in [3.63, 3.8) is 0 Å². The molecule has 0 aliphatic heterocycles. The molecule has 0 fully saturated rings. The quantitative estimate of drug-likeness (QED) is 0.382. The van der Waals surface area contributed by atoms with Crippen LogP contribution in [0.2, 0.25) is 0 Å². The number of carbonyl (C=O) groups is 1. The Balaban J connectivity index is 4.07. The molecule has 0 rings (SSSR count). The molecule has 0 aliphatic rings. The van der Waals surface area contributed by atoms with Gasteiger partial charge in [0.25, 0.3) is 0 Å². The molecule has 0 heterocycles. The Morgan fingerprint density at radius 2 is 2.14 bits per heavy atom. The molecule has 2 heteroatoms. The lowest BCUT2D eigenvalue weighted by molar-refractivity contribution is -0.150. The van der Waals surface area contributed by atoms with Crippen molar-refractivity contribution >= 4 is 5.97 Å². The molecule has 1 atom stereocenters. The lowest BCUT2D eigenvalue weighted by Gasteiger charge is -2.23. The minimum absolute atomic E-state index is 0.333. The first-order valence-corrected chi connectivity index (χ1v) is 4.71. The van der Waals surface area contributed by atoms with E-state index in [1.807, 2.05) is 6.92 Å². The van der Waals surface area contributed by atoms with Gasteiger partial charge in [-0.2, -0.15) is 0 Å². The summed E-state index contributed by atoms with van der Waals surface area (Å²) in [6.45, 7) is 8.90. The smallest absolute Gasteiger partial charge is 0.304 e. The van der Waals surface area contributed by atoms with Crippen LogP contribution in [0.5, 0.6) is 0 Å². The molecule has 0 radical (unpaired) electrons. The van der Waals surface area contributed by atoms with Gasteiger partial charge in [0.1, 0.15) is 0 Å². The minimum Gasteiger partial charge on any atom is -0.446 e. The average Bonchev–Trinajstić information content (AvgIpc) is 2.02. The van der Waals surface area contributed by atoms with Crippen molar-refractivity contribution in [2.24, 2.45) is 0 Å². The first-order chi connectivity index (χ1) is 6.39. The van der Waals surface area contributed by atoms with Crippen LogP contribution < -0.4 is 0 Å². The van der Waals surface area contributed by atoms with E-state index < -0.39 is 5.60 Å². The summed E-state index contributed by atoms with van der Waals surface area (Å²) in [5.74, 6) is 2.18. The summed E-state index contributed by atoms with van der Waals surface area (Å²) in [6.07, 6.45) is 7.81. The molecule has 0 saturated heterocycles. The molecule has 2 nitrogen and oxygen atoms in total. The van der Waals surface area contributed by atoms with E-state index in [1.165, 1.54) is 6.92 Å². The van der Waals surface area contributed by atoms with E-state index in [0.29, 0.717) is 6.42 Å². The van der Waals surface area contributed by atoms with E-state index in [9.17, 15) is 4.79 Å². The van der Waals surface area contributed by atoms with Crippen LogP contribution in [0.25, 0.3) is 0 Å². The van der Waals surface area contributed by atoms with Gasteiger partial charge in [-0.15, -0.1) is 13.0 Å². The van der Waals surface area contributed by atoms with E-state index in [2.05, 4.69) is 12.5 Å². The maximum Gasteiger partial charge on any atom is 0.304 e. The van der Waals surface area contributed by atoms with Gasteiger partial charge in [-0.25, -0.2) is 0 Å². The minimum atomic E-state index is -0.763. The number of esters is 1. The topological polar surface area (TPSA) is 26.3 Å². The molecule has 0 saturated carbocycles. The van der Waals surface area contributed by atoms with Crippen molar-refractivity contribution in [2.75, 3.05) is 0 Å². The molecular formula is C12H18O2. The Labute approximate surface area is 86.3 Å². The highest BCUT2D eigenvalue weighted by Crippen LogP contribution is 2.19. The third-order valence-corrected chi connectivity index (χ3v) is 1.93. The van der Waals surface area contributed by atoms with Gasteiger partial charge < -0.3 is 4.74 Å². The Kier molecular flexibility index (Phi) is 5.01. The van der Waals surface area contributed by atoms with Crippen LogP contribution in [0.15, 0.2) is 12.2 Å². The molecule has 0 aliphatic carbocycles. The second-order valence-corrected chi connectivity index (χ2v) is 3.78. The number of allylic oxidation sites excluding steroid dienone is 1. The summed E-state index contributed by atoms with van der Waals surface area (Å²) in [5.41, 5.74) is 0.355. The van der Waals surface area contributed by atoms with Crippen LogP contribution in [0.4, 0.5) is 0 Å². The summed E-state index contributed by atoms with van der Waals surface area (Å²) in [4.78, 5) is 10.8. The molecule has 0 bridgehead atoms. The normalized spacial score (nSPS) is 13.9. The van der Waals surface area contributed by atoms with Gasteiger partial charge in [-0.1, -0.05) is 11.5 Å². The Hall–Kier alpha value is -1.23. The third kappa shape index (κ3) is 5.42. The van der Waals surface area contributed by atoms with E-state index in [4.69, 9.17) is 11.2 Å². The average molecular weight is 194 g/mol. The molecular weight excluding hydrogens is 176 g/mol. The largest absolute Gasteiger partial charge is 0.446 e. The summed E-state index contributed by atoms with van der Waals surface area (Å²) >= 11 is 0. The van der Waals surface area contributed by atoms with Crippen molar-refractivity contribution in [3.8, 4) is 12.3 Å². The van der Waals surface area contributed by atoms with E-state index in [0.717, 1.165) is 18.4 Å². The number of ether oxygens (including phenoxy) is 1. The van der Waals surface area contributed by atoms with Gasteiger partial charge in [-0.3, -0.25) is 4.79 Å². The molecule has 1 unspecified atom stereocenters. The number of carbonyl (C=O) groups excluding carboxylic acids is 1. The van der Waals surface area contributed by atoms with Crippen molar-refractivity contribution < 1.29 is 9.53 Å². The molecule has 14 heavy (non-hydrogen) atoms. The van der Waals surface area contributed by atoms with Crippen molar-refractivity contribution in [1.82, 2.24) is 0 Å². The number of hydrogen-bond donors (Lipinski definition) is 0. The zero-order chi connectivity index (χ0) is 11.2. The Morgan fingerprint density at radius 3 is 2.50 bits per heavy atom. The molecule has 0 aromatic carbocycles. The van der Waals surface area contributed by atoms with Gasteiger partial charge in [0.2, 0.25) is 0 Å². The van der Waals surface area contributed by atoms with Crippen molar-refractivity contribution in [1.29, 1.82) is 0 Å². The fraction of sp³-hybridized carbons (Fsp3) is 0.583. The maximum atomic E-state index is 10.8. The highest BCUT2D eigenvalue weighted by Gasteiger charge is 2.23. The molecule has 0 amide bonds. The van der Waals surface area contributed by atoms with Crippen LogP contribution >= 0.6 is 0 Å². The Bertz CT molecular complexity index is 260. The standard InChI is InChI=1S/C12H18O2/c1-6-12(5,14-11(4)13)9-7-8-10(2)3/h1H,2,7-9H2,3-5H3. The SMILES string of the molecule is C#CC(C)(CCCC(=C)C)OC(C)=O. The summed E-state index contributed by atoms with van der Waals surface area (Å²) in [6, 6.07) is 0. The first-order valence-electron chi connectivity index (χ1n) is 4.71. The van der Waals surface area contributed by atoms with Gasteiger partial charge in [-0.05, 0) is 33.1 Å². The predicted molar refractivity (Wildman–Crippen MR) is 57.7 cm³/mol. The van der Waals surface area contributed by atoms with Crippen molar-refractivity contribution in [3.05, 3.63) is 12.2 Å². The summed E-state index contributed by atoms with van der Waals surface area (Å²) in [5, 5.41) is 0. The van der Waals surface area contributed by atoms with E-state index in [1.54, 1.807) is 6.92 Å². The molecule has 0 aromatic rings. The highest BCUT2D eigenvalue weighted by molar-refractivity contribution is 5.67. The second-order valence-electron chi connectivity index (χ2n) is 3.78. The van der Waals surface area contributed by atoms with Gasteiger partial charge in [0.15, 0.2) is 5.60 Å². The van der Waals surface area contributed by atoms with E-state index in [-0.39, 0.29) is 5.97 Å². The fourth-order valence-corrected chi connectivity index (χ4v) is 1.20. The molecule has 0 aromatic heterocycles. The predicted octanol–water partition coefficient (Wildman–Crippen LogP) is 2.69. The second kappa shape index (κ2) is 5.49. The van der Waals surface area contributed by atoms with E-state index >= 15 is 0 Å². The molecule has 0 N–H and O–H groups in total. The zero-order valence-corrected chi connectivity index (χ0v) is 9.22. The van der Waals surface area contributed by atoms with Gasteiger partial charge >= 0.3 is 5.97 Å². The summed E-state index contributed by atoms with van der Waals surface area (Å²) < 4.78 is 5.06. The fourth-order valence-electron chi connectivity index (χ4n) is 1.20. The van der Waals surface area contributed by atoms with Crippen molar-refractivity contribution in [2.45, 2.75) is 45.6 Å². The number of terminal acetylenes is 1. The number of hydrogen-bond acceptors (Lipinski definition) is 2. The molecule has 78 valence electrons. The van der Waals surface area contributed by atoms with Crippen LogP contribution in [0, 0.1) is 12.3 Å². The van der Waals surface area contributed by atoms with Crippen LogP contribution in [0.3, 0.4) is 0 Å². The maximum absolute atomic E-state index is 10.8. The third-order valence-electron chi connectivity index (χ3n) is 1.93. The lowest BCUT2D eigenvalue weighted by Crippen LogP contribution is -2.28.